The van der Waals surface area contributed by atoms with Crippen molar-refractivity contribution in [1.82, 2.24) is 5.32 Å². The lowest BCUT2D eigenvalue weighted by atomic mass is 10.00. The number of hydrogen-bond acceptors (Lipinski definition) is 3. The molecular formula is C20H22N2OS. The van der Waals surface area contributed by atoms with Gasteiger partial charge >= 0.3 is 0 Å². The number of thiophene rings is 1. The summed E-state index contributed by atoms with van der Waals surface area (Å²) in [6.45, 7) is 8.08. The molecule has 4 heteroatoms. The lowest BCUT2D eigenvalue weighted by molar-refractivity contribution is -0.117. The molecule has 24 heavy (non-hydrogen) atoms. The molecule has 0 aliphatic heterocycles. The molecule has 2 aromatic rings. The Morgan fingerprint density at radius 3 is 2.71 bits per heavy atom. The van der Waals surface area contributed by atoms with E-state index in [0.717, 1.165) is 28.0 Å². The van der Waals surface area contributed by atoms with Gasteiger partial charge in [0.2, 0.25) is 0 Å². The van der Waals surface area contributed by atoms with Gasteiger partial charge in [-0.15, -0.1) is 11.3 Å². The summed E-state index contributed by atoms with van der Waals surface area (Å²) in [4.78, 5) is 14.6. The summed E-state index contributed by atoms with van der Waals surface area (Å²) in [5.74, 6) is -0.336. The SMILES string of the molecule is CCc1ccc(/C=C(\C#N)C(=O)N[C@H](C)c2cc(C)ccc2C)s1. The topological polar surface area (TPSA) is 52.9 Å². The monoisotopic (exact) mass is 338 g/mol. The van der Waals surface area contributed by atoms with Gasteiger partial charge in [0.1, 0.15) is 11.6 Å². The first kappa shape index (κ1) is 18.0. The highest BCUT2D eigenvalue weighted by molar-refractivity contribution is 7.12. The summed E-state index contributed by atoms with van der Waals surface area (Å²) in [6.07, 6.45) is 2.62. The first-order chi connectivity index (χ1) is 11.4. The van der Waals surface area contributed by atoms with Crippen molar-refractivity contribution in [2.45, 2.75) is 40.2 Å². The van der Waals surface area contributed by atoms with E-state index in [0.29, 0.717) is 0 Å². The van der Waals surface area contributed by atoms with Gasteiger partial charge in [0.05, 0.1) is 6.04 Å². The molecule has 0 unspecified atom stereocenters. The zero-order chi connectivity index (χ0) is 17.7. The fourth-order valence-corrected chi connectivity index (χ4v) is 3.43. The van der Waals surface area contributed by atoms with Crippen molar-refractivity contribution in [1.29, 1.82) is 5.26 Å². The molecule has 0 saturated carbocycles. The summed E-state index contributed by atoms with van der Waals surface area (Å²) in [7, 11) is 0. The van der Waals surface area contributed by atoms with E-state index < -0.39 is 0 Å². The molecule has 1 aromatic carbocycles. The van der Waals surface area contributed by atoms with Crippen molar-refractivity contribution in [2.75, 3.05) is 0 Å². The Labute approximate surface area is 147 Å². The van der Waals surface area contributed by atoms with Crippen LogP contribution in [0, 0.1) is 25.2 Å². The van der Waals surface area contributed by atoms with Crippen LogP contribution in [0.3, 0.4) is 0 Å². The molecular weight excluding hydrogens is 316 g/mol. The molecule has 1 heterocycles. The predicted molar refractivity (Wildman–Crippen MR) is 99.8 cm³/mol. The zero-order valence-electron chi connectivity index (χ0n) is 14.5. The van der Waals surface area contributed by atoms with Crippen LogP contribution in [-0.4, -0.2) is 5.91 Å². The first-order valence-corrected chi connectivity index (χ1v) is 8.84. The molecule has 0 aliphatic carbocycles. The number of nitrogens with zero attached hydrogens (tertiary/aromatic N) is 1. The van der Waals surface area contributed by atoms with Gasteiger partial charge in [0.15, 0.2) is 0 Å². The molecule has 1 atom stereocenters. The van der Waals surface area contributed by atoms with Gasteiger partial charge in [-0.05, 0) is 56.5 Å². The molecule has 0 radical (unpaired) electrons. The highest BCUT2D eigenvalue weighted by Crippen LogP contribution is 2.21. The minimum absolute atomic E-state index is 0.136. The van der Waals surface area contributed by atoms with Gasteiger partial charge in [-0.1, -0.05) is 30.7 Å². The minimum Gasteiger partial charge on any atom is -0.345 e. The molecule has 1 N–H and O–H groups in total. The predicted octanol–water partition coefficient (Wildman–Crippen LogP) is 4.71. The number of carbonyl (C=O) groups excluding carboxylic acids is 1. The van der Waals surface area contributed by atoms with E-state index in [1.165, 1.54) is 4.88 Å². The highest BCUT2D eigenvalue weighted by atomic mass is 32.1. The van der Waals surface area contributed by atoms with Crippen LogP contribution >= 0.6 is 11.3 Å². The van der Waals surface area contributed by atoms with Gasteiger partial charge in [-0.25, -0.2) is 0 Å². The fraction of sp³-hybridized carbons (Fsp3) is 0.300. The average Bonchev–Trinajstić information content (AvgIpc) is 3.02. The Bertz CT molecular complexity index is 811. The molecule has 2 rings (SSSR count). The Balaban J connectivity index is 2.17. The summed E-state index contributed by atoms with van der Waals surface area (Å²) in [5.41, 5.74) is 3.49. The lowest BCUT2D eigenvalue weighted by Crippen LogP contribution is -2.28. The fourth-order valence-electron chi connectivity index (χ4n) is 2.53. The summed E-state index contributed by atoms with van der Waals surface area (Å²) < 4.78 is 0. The van der Waals surface area contributed by atoms with E-state index in [1.54, 1.807) is 17.4 Å². The van der Waals surface area contributed by atoms with Gasteiger partial charge < -0.3 is 5.32 Å². The van der Waals surface area contributed by atoms with Crippen molar-refractivity contribution in [3.8, 4) is 6.07 Å². The Morgan fingerprint density at radius 1 is 1.33 bits per heavy atom. The third-order valence-electron chi connectivity index (χ3n) is 3.93. The van der Waals surface area contributed by atoms with Crippen LogP contribution in [0.5, 0.6) is 0 Å². The average molecular weight is 338 g/mol. The van der Waals surface area contributed by atoms with Crippen molar-refractivity contribution >= 4 is 23.3 Å². The number of amides is 1. The molecule has 0 fully saturated rings. The molecule has 1 aromatic heterocycles. The third kappa shape index (κ3) is 4.33. The number of carbonyl (C=O) groups is 1. The van der Waals surface area contributed by atoms with E-state index in [1.807, 2.05) is 45.0 Å². The first-order valence-electron chi connectivity index (χ1n) is 8.03. The van der Waals surface area contributed by atoms with Crippen LogP contribution in [0.2, 0.25) is 0 Å². The number of nitrogens with one attached hydrogen (secondary N) is 1. The normalized spacial score (nSPS) is 12.5. The van der Waals surface area contributed by atoms with Gasteiger partial charge in [0, 0.05) is 9.75 Å². The Morgan fingerprint density at radius 2 is 2.08 bits per heavy atom. The second-order valence-corrected chi connectivity index (χ2v) is 7.08. The lowest BCUT2D eigenvalue weighted by Gasteiger charge is -2.17. The number of benzene rings is 1. The van der Waals surface area contributed by atoms with E-state index in [9.17, 15) is 10.1 Å². The second-order valence-electron chi connectivity index (χ2n) is 5.88. The van der Waals surface area contributed by atoms with Crippen molar-refractivity contribution in [3.05, 3.63) is 62.3 Å². The van der Waals surface area contributed by atoms with E-state index in [-0.39, 0.29) is 17.5 Å². The zero-order valence-corrected chi connectivity index (χ0v) is 15.3. The minimum atomic E-state index is -0.336. The molecule has 0 aliphatic rings. The summed E-state index contributed by atoms with van der Waals surface area (Å²) in [6, 6.07) is 12.0. The van der Waals surface area contributed by atoms with Crippen LogP contribution < -0.4 is 5.32 Å². The summed E-state index contributed by atoms with van der Waals surface area (Å²) in [5, 5.41) is 12.3. The van der Waals surface area contributed by atoms with Gasteiger partial charge in [0.25, 0.3) is 5.91 Å². The van der Waals surface area contributed by atoms with Crippen molar-refractivity contribution in [3.63, 3.8) is 0 Å². The van der Waals surface area contributed by atoms with E-state index in [4.69, 9.17) is 0 Å². The standard InChI is InChI=1S/C20H22N2OS/c1-5-17-8-9-18(24-17)11-16(12-21)20(23)22-15(4)19-10-13(2)6-7-14(19)3/h6-11,15H,5H2,1-4H3,(H,22,23)/b16-11+/t15-/m1/s1. The largest absolute Gasteiger partial charge is 0.345 e. The van der Waals surface area contributed by atoms with E-state index in [2.05, 4.69) is 24.4 Å². The maximum absolute atomic E-state index is 12.4. The molecule has 0 bridgehead atoms. The van der Waals surface area contributed by atoms with Crippen LogP contribution in [-0.2, 0) is 11.2 Å². The quantitative estimate of drug-likeness (QED) is 0.634. The second kappa shape index (κ2) is 7.94. The molecule has 3 nitrogen and oxygen atoms in total. The number of hydrogen-bond donors (Lipinski definition) is 1. The van der Waals surface area contributed by atoms with Gasteiger partial charge in [-0.3, -0.25) is 4.79 Å². The third-order valence-corrected chi connectivity index (χ3v) is 5.11. The molecule has 0 spiro atoms. The van der Waals surface area contributed by atoms with E-state index >= 15 is 0 Å². The van der Waals surface area contributed by atoms with Crippen LogP contribution in [0.4, 0.5) is 0 Å². The number of rotatable bonds is 5. The van der Waals surface area contributed by atoms with Crippen molar-refractivity contribution in [2.24, 2.45) is 0 Å². The molecule has 0 saturated heterocycles. The van der Waals surface area contributed by atoms with Gasteiger partial charge in [-0.2, -0.15) is 5.26 Å². The summed E-state index contributed by atoms with van der Waals surface area (Å²) >= 11 is 1.61. The van der Waals surface area contributed by atoms with Crippen molar-refractivity contribution < 1.29 is 4.79 Å². The number of aryl methyl sites for hydroxylation is 3. The maximum Gasteiger partial charge on any atom is 0.262 e. The van der Waals surface area contributed by atoms with Crippen LogP contribution in [0.25, 0.3) is 6.08 Å². The highest BCUT2D eigenvalue weighted by Gasteiger charge is 2.15. The van der Waals surface area contributed by atoms with Crippen LogP contribution in [0.15, 0.2) is 35.9 Å². The van der Waals surface area contributed by atoms with Crippen LogP contribution in [0.1, 0.15) is 46.3 Å². The number of nitriles is 1. The Kier molecular flexibility index (Phi) is 5.94. The molecule has 124 valence electrons. The Hall–Kier alpha value is -2.38. The maximum atomic E-state index is 12.4. The smallest absolute Gasteiger partial charge is 0.262 e. The molecule has 1 amide bonds.